The van der Waals surface area contributed by atoms with Gasteiger partial charge in [0.05, 0.1) is 28.9 Å². The smallest absolute Gasteiger partial charge is 0.0827 e. The van der Waals surface area contributed by atoms with Crippen LogP contribution in [0.1, 0.15) is 23.5 Å². The number of nitrogens with one attached hydrogen (secondary N) is 2. The molecule has 4 nitrogen and oxygen atoms in total. The van der Waals surface area contributed by atoms with Crippen molar-refractivity contribution in [2.75, 3.05) is 36.5 Å². The van der Waals surface area contributed by atoms with E-state index < -0.39 is 0 Å². The molecule has 1 fully saturated rings. The summed E-state index contributed by atoms with van der Waals surface area (Å²) in [6, 6.07) is 10.7. The molecule has 0 saturated carbocycles. The lowest BCUT2D eigenvalue weighted by molar-refractivity contribution is 0.130. The first-order valence-electron chi connectivity index (χ1n) is 9.15. The summed E-state index contributed by atoms with van der Waals surface area (Å²) >= 11 is 12.5. The summed E-state index contributed by atoms with van der Waals surface area (Å²) in [6.07, 6.45) is 1.18. The second-order valence-electron chi connectivity index (χ2n) is 7.21. The SMILES string of the molecule is Clc1cccc(Nc2cc3c4c(c2)[C@@H]2CNCC[C@@H]2N4CCOC3)c1Cl. The molecule has 136 valence electrons. The second kappa shape index (κ2) is 6.61. The molecular formula is C20H21Cl2N3O. The van der Waals surface area contributed by atoms with Crippen LogP contribution >= 0.6 is 23.2 Å². The van der Waals surface area contributed by atoms with Crippen LogP contribution < -0.4 is 15.5 Å². The molecule has 2 N–H and O–H groups in total. The molecule has 6 heteroatoms. The van der Waals surface area contributed by atoms with Gasteiger partial charge in [-0.25, -0.2) is 0 Å². The quantitative estimate of drug-likeness (QED) is 0.790. The van der Waals surface area contributed by atoms with Crippen LogP contribution in [0.3, 0.4) is 0 Å². The Morgan fingerprint density at radius 3 is 3.08 bits per heavy atom. The minimum atomic E-state index is 0.534. The molecule has 5 rings (SSSR count). The van der Waals surface area contributed by atoms with Crippen molar-refractivity contribution in [1.29, 1.82) is 0 Å². The van der Waals surface area contributed by atoms with Crippen molar-refractivity contribution in [3.8, 4) is 0 Å². The summed E-state index contributed by atoms with van der Waals surface area (Å²) in [6.45, 7) is 4.55. The van der Waals surface area contributed by atoms with Crippen molar-refractivity contribution in [2.45, 2.75) is 25.0 Å². The molecule has 0 aromatic heterocycles. The molecule has 0 bridgehead atoms. The molecule has 26 heavy (non-hydrogen) atoms. The molecule has 1 saturated heterocycles. The first-order chi connectivity index (χ1) is 12.7. The molecule has 0 unspecified atom stereocenters. The average molecular weight is 390 g/mol. The lowest BCUT2D eigenvalue weighted by Gasteiger charge is -2.33. The van der Waals surface area contributed by atoms with Gasteiger partial charge in [-0.2, -0.15) is 0 Å². The average Bonchev–Trinajstić information content (AvgIpc) is 2.81. The number of fused-ring (bicyclic) bond motifs is 3. The highest BCUT2D eigenvalue weighted by molar-refractivity contribution is 6.43. The van der Waals surface area contributed by atoms with E-state index >= 15 is 0 Å². The number of piperidine rings is 1. The summed E-state index contributed by atoms with van der Waals surface area (Å²) in [7, 11) is 0. The largest absolute Gasteiger partial charge is 0.375 e. The maximum atomic E-state index is 6.37. The summed E-state index contributed by atoms with van der Waals surface area (Å²) in [4.78, 5) is 2.58. The molecule has 2 aromatic carbocycles. The Morgan fingerprint density at radius 2 is 2.15 bits per heavy atom. The van der Waals surface area contributed by atoms with E-state index in [0.29, 0.717) is 28.6 Å². The molecule has 3 aliphatic heterocycles. The van der Waals surface area contributed by atoms with Crippen LogP contribution in [0.5, 0.6) is 0 Å². The standard InChI is InChI=1S/C20H21Cl2N3O/c21-16-2-1-3-17(19(16)22)24-13-8-12-11-26-7-6-25-18-4-5-23-10-15(18)14(9-13)20(12)25/h1-3,8-9,15,18,23-24H,4-7,10-11H2/t15-,18-/m0/s1. The van der Waals surface area contributed by atoms with Gasteiger partial charge in [0.2, 0.25) is 0 Å². The summed E-state index contributed by atoms with van der Waals surface area (Å²) in [5.41, 5.74) is 5.94. The van der Waals surface area contributed by atoms with E-state index in [1.807, 2.05) is 12.1 Å². The molecular weight excluding hydrogens is 369 g/mol. The highest BCUT2D eigenvalue weighted by Crippen LogP contribution is 2.48. The maximum Gasteiger partial charge on any atom is 0.0827 e. The highest BCUT2D eigenvalue weighted by atomic mass is 35.5. The highest BCUT2D eigenvalue weighted by Gasteiger charge is 2.41. The maximum absolute atomic E-state index is 6.37. The monoisotopic (exact) mass is 389 g/mol. The van der Waals surface area contributed by atoms with Gasteiger partial charge in [0, 0.05) is 42.0 Å². The van der Waals surface area contributed by atoms with Gasteiger partial charge in [0.25, 0.3) is 0 Å². The zero-order valence-electron chi connectivity index (χ0n) is 14.4. The van der Waals surface area contributed by atoms with E-state index in [4.69, 9.17) is 27.9 Å². The third kappa shape index (κ3) is 2.67. The lowest BCUT2D eigenvalue weighted by Crippen LogP contribution is -2.44. The molecule has 2 aromatic rings. The van der Waals surface area contributed by atoms with E-state index in [0.717, 1.165) is 37.6 Å². The van der Waals surface area contributed by atoms with Crippen LogP contribution in [0.25, 0.3) is 0 Å². The Morgan fingerprint density at radius 1 is 1.23 bits per heavy atom. The number of hydrogen-bond acceptors (Lipinski definition) is 4. The van der Waals surface area contributed by atoms with Gasteiger partial charge in [0.1, 0.15) is 0 Å². The van der Waals surface area contributed by atoms with Crippen LogP contribution in [0.15, 0.2) is 30.3 Å². The van der Waals surface area contributed by atoms with Crippen LogP contribution in [0, 0.1) is 0 Å². The predicted molar refractivity (Wildman–Crippen MR) is 107 cm³/mol. The predicted octanol–water partition coefficient (Wildman–Crippen LogP) is 4.53. The number of hydrogen-bond donors (Lipinski definition) is 2. The molecule has 3 aliphatic rings. The van der Waals surface area contributed by atoms with Crippen LogP contribution in [-0.4, -0.2) is 32.3 Å². The van der Waals surface area contributed by atoms with E-state index in [-0.39, 0.29) is 0 Å². The zero-order chi connectivity index (χ0) is 17.7. The number of nitrogens with zero attached hydrogens (tertiary/aromatic N) is 1. The van der Waals surface area contributed by atoms with Gasteiger partial charge in [0.15, 0.2) is 0 Å². The van der Waals surface area contributed by atoms with Crippen molar-refractivity contribution >= 4 is 40.3 Å². The minimum Gasteiger partial charge on any atom is -0.375 e. The molecule has 0 aliphatic carbocycles. The van der Waals surface area contributed by atoms with Crippen LogP contribution in [0.2, 0.25) is 10.0 Å². The van der Waals surface area contributed by atoms with Gasteiger partial charge >= 0.3 is 0 Å². The Labute approximate surface area is 163 Å². The normalized spacial score (nSPS) is 24.0. The Balaban J connectivity index is 1.58. The fourth-order valence-electron chi connectivity index (χ4n) is 4.61. The fourth-order valence-corrected chi connectivity index (χ4v) is 4.96. The lowest BCUT2D eigenvalue weighted by atomic mass is 9.89. The molecule has 3 heterocycles. The Kier molecular flexibility index (Phi) is 4.24. The van der Waals surface area contributed by atoms with E-state index in [2.05, 4.69) is 27.7 Å². The minimum absolute atomic E-state index is 0.534. The van der Waals surface area contributed by atoms with E-state index in [1.165, 1.54) is 23.2 Å². The number of rotatable bonds is 2. The first kappa shape index (κ1) is 16.7. The summed E-state index contributed by atoms with van der Waals surface area (Å²) in [5, 5.41) is 8.14. The number of anilines is 3. The van der Waals surface area contributed by atoms with Gasteiger partial charge in [-0.1, -0.05) is 29.3 Å². The van der Waals surface area contributed by atoms with Gasteiger partial charge in [-0.15, -0.1) is 0 Å². The van der Waals surface area contributed by atoms with Crippen molar-refractivity contribution in [1.82, 2.24) is 5.32 Å². The molecule has 0 amide bonds. The van der Waals surface area contributed by atoms with Crippen LogP contribution in [-0.2, 0) is 11.3 Å². The van der Waals surface area contributed by atoms with Crippen molar-refractivity contribution in [3.63, 3.8) is 0 Å². The van der Waals surface area contributed by atoms with Gasteiger partial charge in [-0.05, 0) is 42.8 Å². The summed E-state index contributed by atoms with van der Waals surface area (Å²) in [5.74, 6) is 0.534. The number of ether oxygens (including phenoxy) is 1. The van der Waals surface area contributed by atoms with Crippen molar-refractivity contribution in [3.05, 3.63) is 51.5 Å². The van der Waals surface area contributed by atoms with E-state index in [1.54, 1.807) is 6.07 Å². The van der Waals surface area contributed by atoms with Crippen LogP contribution in [0.4, 0.5) is 17.1 Å². The fraction of sp³-hybridized carbons (Fsp3) is 0.400. The number of halogens is 2. The molecule has 2 atom stereocenters. The Bertz CT molecular complexity index is 857. The first-order valence-corrected chi connectivity index (χ1v) is 9.91. The van der Waals surface area contributed by atoms with Gasteiger partial charge < -0.3 is 20.3 Å². The van der Waals surface area contributed by atoms with E-state index in [9.17, 15) is 0 Å². The Hall–Kier alpha value is -1.46. The zero-order valence-corrected chi connectivity index (χ0v) is 15.9. The topological polar surface area (TPSA) is 36.5 Å². The number of benzene rings is 2. The molecule has 0 spiro atoms. The third-order valence-corrected chi connectivity index (χ3v) is 6.53. The summed E-state index contributed by atoms with van der Waals surface area (Å²) < 4.78 is 5.88. The molecule has 0 radical (unpaired) electrons. The second-order valence-corrected chi connectivity index (χ2v) is 8.00. The van der Waals surface area contributed by atoms with Crippen molar-refractivity contribution in [2.24, 2.45) is 0 Å². The van der Waals surface area contributed by atoms with Crippen molar-refractivity contribution < 1.29 is 4.74 Å². The van der Waals surface area contributed by atoms with Gasteiger partial charge in [-0.3, -0.25) is 0 Å². The third-order valence-electron chi connectivity index (χ3n) is 5.72.